The van der Waals surface area contributed by atoms with Gasteiger partial charge >= 0.3 is 5.97 Å². The number of benzene rings is 1. The number of carboxylic acid groups (broad SMARTS) is 1. The monoisotopic (exact) mass is 196 g/mol. The third kappa shape index (κ3) is 2.90. The summed E-state index contributed by atoms with van der Waals surface area (Å²) >= 11 is 0. The smallest absolute Gasteiger partial charge is 0.335 e. The third-order valence-corrected chi connectivity index (χ3v) is 1.50. The van der Waals surface area contributed by atoms with E-state index in [1.165, 1.54) is 24.3 Å². The van der Waals surface area contributed by atoms with Crippen LogP contribution in [0, 0.1) is 0 Å². The molecular formula is C10H9FO3. The molecule has 0 atom stereocenters. The lowest BCUT2D eigenvalue weighted by Gasteiger charge is -2.03. The Balaban J connectivity index is 2.64. The van der Waals surface area contributed by atoms with Crippen molar-refractivity contribution < 1.29 is 19.0 Å². The van der Waals surface area contributed by atoms with Crippen molar-refractivity contribution in [2.75, 3.05) is 6.61 Å². The highest BCUT2D eigenvalue weighted by atomic mass is 19.1. The number of hydrogen-bond donors (Lipinski definition) is 1. The molecule has 0 bridgehead atoms. The van der Waals surface area contributed by atoms with Crippen molar-refractivity contribution in [1.82, 2.24) is 0 Å². The van der Waals surface area contributed by atoms with Gasteiger partial charge in [-0.3, -0.25) is 0 Å². The number of aromatic carboxylic acids is 1. The molecule has 0 heterocycles. The summed E-state index contributed by atoms with van der Waals surface area (Å²) in [5.74, 6) is -1.17. The van der Waals surface area contributed by atoms with Crippen LogP contribution in [0.3, 0.4) is 0 Å². The molecular weight excluding hydrogens is 187 g/mol. The molecule has 0 fully saturated rings. The van der Waals surface area contributed by atoms with Crippen LogP contribution in [-0.2, 0) is 0 Å². The highest BCUT2D eigenvalue weighted by molar-refractivity contribution is 5.87. The fourth-order valence-corrected chi connectivity index (χ4v) is 0.855. The van der Waals surface area contributed by atoms with Gasteiger partial charge in [-0.1, -0.05) is 6.58 Å². The van der Waals surface area contributed by atoms with E-state index in [9.17, 15) is 9.18 Å². The van der Waals surface area contributed by atoms with Crippen LogP contribution in [0.25, 0.3) is 0 Å². The predicted molar refractivity (Wildman–Crippen MR) is 49.1 cm³/mol. The standard InChI is InChI=1S/C10H9FO3/c1-7(11)6-14-9-4-2-8(3-5-9)10(12)13/h2-5H,1,6H2,(H,12,13). The molecule has 0 aromatic heterocycles. The minimum Gasteiger partial charge on any atom is -0.487 e. The summed E-state index contributed by atoms with van der Waals surface area (Å²) in [6.45, 7) is 2.81. The summed E-state index contributed by atoms with van der Waals surface area (Å²) in [6, 6.07) is 5.70. The molecule has 0 amide bonds. The number of carbonyl (C=O) groups is 1. The average Bonchev–Trinajstić information content (AvgIpc) is 2.15. The molecule has 0 unspecified atom stereocenters. The van der Waals surface area contributed by atoms with Gasteiger partial charge in [0.15, 0.2) is 0 Å². The SMILES string of the molecule is C=C(F)COc1ccc(C(=O)O)cc1. The first-order valence-electron chi connectivity index (χ1n) is 3.89. The highest BCUT2D eigenvalue weighted by Gasteiger charge is 2.02. The highest BCUT2D eigenvalue weighted by Crippen LogP contribution is 2.12. The quantitative estimate of drug-likeness (QED) is 0.803. The molecule has 0 radical (unpaired) electrons. The van der Waals surface area contributed by atoms with Crippen molar-refractivity contribution in [3.63, 3.8) is 0 Å². The Morgan fingerprint density at radius 2 is 2.00 bits per heavy atom. The minimum atomic E-state index is -1.01. The molecule has 4 heteroatoms. The lowest BCUT2D eigenvalue weighted by atomic mass is 10.2. The van der Waals surface area contributed by atoms with Crippen molar-refractivity contribution in [3.8, 4) is 5.75 Å². The largest absolute Gasteiger partial charge is 0.487 e. The van der Waals surface area contributed by atoms with Gasteiger partial charge in [-0.05, 0) is 24.3 Å². The Bertz CT molecular complexity index is 343. The Hall–Kier alpha value is -1.84. The Morgan fingerprint density at radius 3 is 2.43 bits per heavy atom. The third-order valence-electron chi connectivity index (χ3n) is 1.50. The van der Waals surface area contributed by atoms with Gasteiger partial charge in [-0.25, -0.2) is 9.18 Å². The van der Waals surface area contributed by atoms with E-state index in [-0.39, 0.29) is 12.2 Å². The maximum absolute atomic E-state index is 12.2. The number of hydrogen-bond acceptors (Lipinski definition) is 2. The van der Waals surface area contributed by atoms with E-state index in [1.54, 1.807) is 0 Å². The van der Waals surface area contributed by atoms with Crippen molar-refractivity contribution in [3.05, 3.63) is 42.2 Å². The van der Waals surface area contributed by atoms with Gasteiger partial charge in [0.05, 0.1) is 5.56 Å². The molecule has 74 valence electrons. The second-order valence-corrected chi connectivity index (χ2v) is 2.64. The minimum absolute atomic E-state index is 0.163. The number of halogens is 1. The van der Waals surface area contributed by atoms with Crippen LogP contribution in [0.15, 0.2) is 36.7 Å². The van der Waals surface area contributed by atoms with Crippen molar-refractivity contribution in [1.29, 1.82) is 0 Å². The zero-order valence-electron chi connectivity index (χ0n) is 7.37. The molecule has 0 aliphatic carbocycles. The second kappa shape index (κ2) is 4.41. The van der Waals surface area contributed by atoms with Crippen molar-refractivity contribution in [2.24, 2.45) is 0 Å². The summed E-state index contributed by atoms with van der Waals surface area (Å²) in [4.78, 5) is 10.5. The maximum Gasteiger partial charge on any atom is 0.335 e. The molecule has 1 N–H and O–H groups in total. The van der Waals surface area contributed by atoms with E-state index in [0.29, 0.717) is 5.75 Å². The second-order valence-electron chi connectivity index (χ2n) is 2.64. The lowest BCUT2D eigenvalue weighted by Crippen LogP contribution is -1.98. The Kier molecular flexibility index (Phi) is 3.23. The van der Waals surface area contributed by atoms with Crippen LogP contribution < -0.4 is 4.74 Å². The lowest BCUT2D eigenvalue weighted by molar-refractivity contribution is 0.0697. The fourth-order valence-electron chi connectivity index (χ4n) is 0.855. The van der Waals surface area contributed by atoms with E-state index < -0.39 is 11.8 Å². The van der Waals surface area contributed by atoms with E-state index in [0.717, 1.165) is 0 Å². The zero-order valence-corrected chi connectivity index (χ0v) is 7.37. The van der Waals surface area contributed by atoms with Crippen LogP contribution >= 0.6 is 0 Å². The molecule has 14 heavy (non-hydrogen) atoms. The average molecular weight is 196 g/mol. The van der Waals surface area contributed by atoms with Crippen LogP contribution in [0.2, 0.25) is 0 Å². The normalized spacial score (nSPS) is 9.50. The van der Waals surface area contributed by atoms with Crippen LogP contribution in [0.1, 0.15) is 10.4 Å². The molecule has 0 saturated carbocycles. The molecule has 1 aromatic rings. The van der Waals surface area contributed by atoms with Gasteiger partial charge in [0, 0.05) is 0 Å². The summed E-state index contributed by atoms with van der Waals surface area (Å²) in [5.41, 5.74) is 0.163. The van der Waals surface area contributed by atoms with Crippen LogP contribution in [0.4, 0.5) is 4.39 Å². The van der Waals surface area contributed by atoms with Crippen molar-refractivity contribution >= 4 is 5.97 Å². The maximum atomic E-state index is 12.2. The number of carboxylic acids is 1. The topological polar surface area (TPSA) is 46.5 Å². The molecule has 1 rings (SSSR count). The first-order valence-corrected chi connectivity index (χ1v) is 3.89. The molecule has 1 aromatic carbocycles. The number of ether oxygens (including phenoxy) is 1. The van der Waals surface area contributed by atoms with Gasteiger partial charge in [-0.2, -0.15) is 0 Å². The van der Waals surface area contributed by atoms with E-state index in [4.69, 9.17) is 9.84 Å². The van der Waals surface area contributed by atoms with E-state index in [1.807, 2.05) is 0 Å². The predicted octanol–water partition coefficient (Wildman–Crippen LogP) is 2.25. The van der Waals surface area contributed by atoms with E-state index >= 15 is 0 Å². The Labute approximate surface area is 80.4 Å². The van der Waals surface area contributed by atoms with Crippen LogP contribution in [0.5, 0.6) is 5.75 Å². The molecule has 0 aliphatic heterocycles. The summed E-state index contributed by atoms with van der Waals surface area (Å²) < 4.78 is 17.1. The van der Waals surface area contributed by atoms with E-state index in [2.05, 4.69) is 6.58 Å². The Morgan fingerprint density at radius 1 is 1.43 bits per heavy atom. The van der Waals surface area contributed by atoms with Gasteiger partial charge in [0.2, 0.25) is 0 Å². The van der Waals surface area contributed by atoms with Gasteiger partial charge < -0.3 is 9.84 Å². The van der Waals surface area contributed by atoms with Gasteiger partial charge in [0.1, 0.15) is 18.2 Å². The first-order chi connectivity index (χ1) is 6.59. The number of rotatable bonds is 4. The summed E-state index contributed by atoms with van der Waals surface area (Å²) in [7, 11) is 0. The van der Waals surface area contributed by atoms with Crippen molar-refractivity contribution in [2.45, 2.75) is 0 Å². The van der Waals surface area contributed by atoms with Crippen LogP contribution in [-0.4, -0.2) is 17.7 Å². The molecule has 0 saturated heterocycles. The summed E-state index contributed by atoms with van der Waals surface area (Å²) in [6.07, 6.45) is 0. The van der Waals surface area contributed by atoms with Gasteiger partial charge in [-0.15, -0.1) is 0 Å². The molecule has 0 spiro atoms. The zero-order chi connectivity index (χ0) is 10.6. The van der Waals surface area contributed by atoms with Gasteiger partial charge in [0.25, 0.3) is 0 Å². The summed E-state index contributed by atoms with van der Waals surface area (Å²) in [5, 5.41) is 8.58. The first kappa shape index (κ1) is 10.2. The fraction of sp³-hybridized carbons (Fsp3) is 0.100. The molecule has 0 aliphatic rings. The molecule has 3 nitrogen and oxygen atoms in total.